The van der Waals surface area contributed by atoms with E-state index in [9.17, 15) is 22.8 Å². The number of aryl methyl sites for hydroxylation is 1. The molecule has 1 atom stereocenters. The molecule has 1 fully saturated rings. The van der Waals surface area contributed by atoms with Crippen molar-refractivity contribution >= 4 is 17.6 Å². The van der Waals surface area contributed by atoms with Crippen LogP contribution >= 0.6 is 0 Å². The molecular formula is C33H37F3N2O3. The number of carbonyl (C=O) groups is 2. The van der Waals surface area contributed by atoms with E-state index in [1.165, 1.54) is 6.20 Å². The molecule has 1 heterocycles. The van der Waals surface area contributed by atoms with E-state index in [1.54, 1.807) is 12.1 Å². The zero-order valence-corrected chi connectivity index (χ0v) is 24.0. The molecule has 1 N–H and O–H groups in total. The number of pyridine rings is 1. The molecule has 1 aliphatic carbocycles. The van der Waals surface area contributed by atoms with E-state index in [1.807, 2.05) is 58.0 Å². The van der Waals surface area contributed by atoms with Gasteiger partial charge in [0.15, 0.2) is 0 Å². The van der Waals surface area contributed by atoms with Gasteiger partial charge < -0.3 is 10.1 Å². The number of hydrogen-bond acceptors (Lipinski definition) is 4. The van der Waals surface area contributed by atoms with E-state index in [-0.39, 0.29) is 24.2 Å². The molecule has 218 valence electrons. The summed E-state index contributed by atoms with van der Waals surface area (Å²) in [5.41, 5.74) is 3.03. The van der Waals surface area contributed by atoms with Gasteiger partial charge in [-0.1, -0.05) is 49.2 Å². The lowest BCUT2D eigenvalue weighted by Gasteiger charge is -2.24. The highest BCUT2D eigenvalue weighted by Gasteiger charge is 2.33. The highest BCUT2D eigenvalue weighted by Crippen LogP contribution is 2.39. The van der Waals surface area contributed by atoms with Crippen molar-refractivity contribution in [2.24, 2.45) is 5.92 Å². The average Bonchev–Trinajstić information content (AvgIpc) is 3.43. The molecule has 2 aromatic carbocycles. The predicted molar refractivity (Wildman–Crippen MR) is 153 cm³/mol. The first-order valence-corrected chi connectivity index (χ1v) is 14.1. The van der Waals surface area contributed by atoms with Gasteiger partial charge >= 0.3 is 12.1 Å². The third kappa shape index (κ3) is 7.96. The van der Waals surface area contributed by atoms with Crippen LogP contribution in [0.5, 0.6) is 0 Å². The monoisotopic (exact) mass is 566 g/mol. The van der Waals surface area contributed by atoms with Crippen molar-refractivity contribution in [3.63, 3.8) is 0 Å². The van der Waals surface area contributed by atoms with Crippen LogP contribution in [-0.2, 0) is 26.9 Å². The third-order valence-electron chi connectivity index (χ3n) is 7.54. The fourth-order valence-corrected chi connectivity index (χ4v) is 5.49. The van der Waals surface area contributed by atoms with Crippen LogP contribution in [0.15, 0.2) is 60.9 Å². The molecule has 0 saturated heterocycles. The van der Waals surface area contributed by atoms with Gasteiger partial charge in [-0.25, -0.2) is 0 Å². The molecule has 0 spiro atoms. The molecule has 41 heavy (non-hydrogen) atoms. The van der Waals surface area contributed by atoms with Crippen molar-refractivity contribution in [2.75, 3.05) is 5.32 Å². The highest BCUT2D eigenvalue weighted by atomic mass is 19.4. The van der Waals surface area contributed by atoms with Crippen LogP contribution in [0.25, 0.3) is 11.1 Å². The van der Waals surface area contributed by atoms with Gasteiger partial charge in [-0.15, -0.1) is 0 Å². The summed E-state index contributed by atoms with van der Waals surface area (Å²) < 4.78 is 45.0. The molecular weight excluding hydrogens is 529 g/mol. The molecule has 3 aromatic rings. The van der Waals surface area contributed by atoms with Crippen molar-refractivity contribution in [1.29, 1.82) is 0 Å². The minimum absolute atomic E-state index is 0.113. The molecule has 8 heteroatoms. The van der Waals surface area contributed by atoms with Crippen LogP contribution in [0.4, 0.5) is 18.9 Å². The van der Waals surface area contributed by atoms with Gasteiger partial charge in [0.2, 0.25) is 5.91 Å². The molecule has 1 aromatic heterocycles. The number of carbonyl (C=O) groups excluding carboxylic acids is 2. The quantitative estimate of drug-likeness (QED) is 0.279. The Kier molecular flexibility index (Phi) is 9.20. The maximum absolute atomic E-state index is 13.8. The molecule has 0 aliphatic heterocycles. The van der Waals surface area contributed by atoms with E-state index >= 15 is 0 Å². The first-order chi connectivity index (χ1) is 19.3. The molecule has 0 bridgehead atoms. The summed E-state index contributed by atoms with van der Waals surface area (Å²) in [5.74, 6) is -0.600. The van der Waals surface area contributed by atoms with Crippen LogP contribution in [0.3, 0.4) is 0 Å². The maximum Gasteiger partial charge on any atom is 0.417 e. The van der Waals surface area contributed by atoms with Crippen molar-refractivity contribution in [3.05, 3.63) is 83.2 Å². The summed E-state index contributed by atoms with van der Waals surface area (Å²) in [6.07, 6.45) is 2.48. The van der Waals surface area contributed by atoms with Crippen LogP contribution in [0.1, 0.15) is 81.0 Å². The average molecular weight is 567 g/mol. The summed E-state index contributed by atoms with van der Waals surface area (Å²) in [6.45, 7) is 7.44. The molecule has 0 radical (unpaired) electrons. The fraction of sp³-hybridized carbons (Fsp3) is 0.424. The molecule has 1 unspecified atom stereocenters. The molecule has 1 aliphatic rings. The summed E-state index contributed by atoms with van der Waals surface area (Å²) in [5, 5.41) is 3.13. The number of hydrogen-bond donors (Lipinski definition) is 1. The standard InChI is InChI=1S/C33H37F3N2O3/c1-21-22(16-17-29(39)41-32(2,3)4)10-7-11-28(21)38-31(40)30(24-8-5-6-9-24)25-14-12-23(13-15-25)26-18-27(20-37-19-26)33(34,35)36/h7,10-15,18-20,24,30H,5-6,8-9,16-17H2,1-4H3,(H,38,40). The second-order valence-corrected chi connectivity index (χ2v) is 11.8. The Morgan fingerprint density at radius 1 is 1.00 bits per heavy atom. The normalized spacial score (nSPS) is 15.0. The van der Waals surface area contributed by atoms with E-state index in [2.05, 4.69) is 10.3 Å². The fourth-order valence-electron chi connectivity index (χ4n) is 5.49. The Hall–Kier alpha value is -3.68. The molecule has 1 saturated carbocycles. The molecule has 1 amide bonds. The van der Waals surface area contributed by atoms with Crippen molar-refractivity contribution < 1.29 is 27.5 Å². The van der Waals surface area contributed by atoms with Crippen molar-refractivity contribution in [3.8, 4) is 11.1 Å². The smallest absolute Gasteiger partial charge is 0.417 e. The van der Waals surface area contributed by atoms with Crippen LogP contribution < -0.4 is 5.32 Å². The third-order valence-corrected chi connectivity index (χ3v) is 7.54. The summed E-state index contributed by atoms with van der Waals surface area (Å²) in [6, 6.07) is 13.9. The van der Waals surface area contributed by atoms with Crippen molar-refractivity contribution in [2.45, 2.75) is 83.9 Å². The largest absolute Gasteiger partial charge is 0.460 e. The number of benzene rings is 2. The Morgan fingerprint density at radius 3 is 2.32 bits per heavy atom. The minimum Gasteiger partial charge on any atom is -0.460 e. The lowest BCUT2D eigenvalue weighted by Crippen LogP contribution is -2.27. The van der Waals surface area contributed by atoms with Crippen molar-refractivity contribution in [1.82, 2.24) is 4.98 Å². The number of anilines is 1. The van der Waals surface area contributed by atoms with Crippen LogP contribution in [0, 0.1) is 12.8 Å². The number of halogens is 3. The second-order valence-electron chi connectivity index (χ2n) is 11.8. The van der Waals surface area contributed by atoms with E-state index in [0.29, 0.717) is 23.2 Å². The predicted octanol–water partition coefficient (Wildman–Crippen LogP) is 8.26. The Morgan fingerprint density at radius 2 is 1.68 bits per heavy atom. The van der Waals surface area contributed by atoms with Crippen LogP contribution in [0.2, 0.25) is 0 Å². The number of rotatable bonds is 8. The zero-order chi connectivity index (χ0) is 29.8. The summed E-state index contributed by atoms with van der Waals surface area (Å²) >= 11 is 0. The minimum atomic E-state index is -4.47. The number of nitrogens with zero attached hydrogens (tertiary/aromatic N) is 1. The number of nitrogens with one attached hydrogen (secondary N) is 1. The topological polar surface area (TPSA) is 68.3 Å². The lowest BCUT2D eigenvalue weighted by atomic mass is 9.83. The number of aromatic nitrogens is 1. The number of ether oxygens (including phenoxy) is 1. The second kappa shape index (κ2) is 12.5. The summed E-state index contributed by atoms with van der Waals surface area (Å²) in [7, 11) is 0. The number of amides is 1. The van der Waals surface area contributed by atoms with Gasteiger partial charge in [0.05, 0.1) is 11.5 Å². The van der Waals surface area contributed by atoms with Gasteiger partial charge in [-0.05, 0) is 87.3 Å². The van der Waals surface area contributed by atoms with Gasteiger partial charge in [-0.3, -0.25) is 14.6 Å². The summed E-state index contributed by atoms with van der Waals surface area (Å²) in [4.78, 5) is 29.8. The first-order valence-electron chi connectivity index (χ1n) is 14.1. The van der Waals surface area contributed by atoms with Gasteiger partial charge in [0.1, 0.15) is 5.60 Å². The lowest BCUT2D eigenvalue weighted by molar-refractivity contribution is -0.154. The van der Waals surface area contributed by atoms with E-state index in [0.717, 1.165) is 54.6 Å². The van der Waals surface area contributed by atoms with Crippen LogP contribution in [-0.4, -0.2) is 22.5 Å². The number of esters is 1. The number of alkyl halides is 3. The van der Waals surface area contributed by atoms with E-state index < -0.39 is 23.3 Å². The first kappa shape index (κ1) is 30.3. The Bertz CT molecular complexity index is 1370. The molecule has 5 nitrogen and oxygen atoms in total. The highest BCUT2D eigenvalue weighted by molar-refractivity contribution is 5.97. The SMILES string of the molecule is Cc1c(CCC(=O)OC(C)(C)C)cccc1NC(=O)C(c1ccc(-c2cncc(C(F)(F)F)c2)cc1)C1CCCC1. The molecule has 4 rings (SSSR count). The van der Waals surface area contributed by atoms with E-state index in [4.69, 9.17) is 4.74 Å². The van der Waals surface area contributed by atoms with Gasteiger partial charge in [0.25, 0.3) is 0 Å². The maximum atomic E-state index is 13.8. The van der Waals surface area contributed by atoms with Gasteiger partial charge in [0, 0.05) is 30.1 Å². The Labute approximate surface area is 239 Å². The Balaban J connectivity index is 1.53. The zero-order valence-electron chi connectivity index (χ0n) is 24.0. The van der Waals surface area contributed by atoms with Gasteiger partial charge in [-0.2, -0.15) is 13.2 Å².